The summed E-state index contributed by atoms with van der Waals surface area (Å²) in [7, 11) is 0. The highest BCUT2D eigenvalue weighted by Crippen LogP contribution is 2.30. The van der Waals surface area contributed by atoms with Crippen LogP contribution in [0.2, 0.25) is 0 Å². The Hall–Kier alpha value is -0.130. The third kappa shape index (κ3) is 6.67. The van der Waals surface area contributed by atoms with Crippen LogP contribution in [0.15, 0.2) is 0 Å². The number of rotatable bonds is 8. The van der Waals surface area contributed by atoms with Crippen LogP contribution in [0.5, 0.6) is 0 Å². The first-order valence-electron chi connectivity index (χ1n) is 10.3. The van der Waals surface area contributed by atoms with E-state index < -0.39 is 41.3 Å². The molecule has 0 bridgehead atoms. The normalized spacial score (nSPS) is 38.1. The van der Waals surface area contributed by atoms with Gasteiger partial charge in [0, 0.05) is 6.61 Å². The van der Waals surface area contributed by atoms with Crippen molar-refractivity contribution >= 4 is 29.3 Å². The minimum Gasteiger partial charge on any atom is -0.396 e. The van der Waals surface area contributed by atoms with Crippen molar-refractivity contribution in [2.24, 2.45) is 5.92 Å². The smallest absolute Gasteiger partial charge is 0.237 e. The van der Waals surface area contributed by atoms with Crippen LogP contribution < -0.4 is 10.6 Å². The molecule has 0 radical (unpaired) electrons. The standard InChI is InChI=1S/C19H35ClN2O6S/c1-10(20)13(17-15(25)14(24)16(26)19(28-17)29-2)22-18(27)12-6-5-11(4-3-9-23)7-8-21-12/h10-17,19,21,23-26H,3-9H2,1-2H3,(H,22,27). The fourth-order valence-corrected chi connectivity index (χ4v) is 4.98. The highest BCUT2D eigenvalue weighted by molar-refractivity contribution is 7.99. The van der Waals surface area contributed by atoms with Crippen molar-refractivity contribution < 1.29 is 30.0 Å². The molecule has 2 aliphatic heterocycles. The van der Waals surface area contributed by atoms with Crippen LogP contribution in [-0.4, -0.2) is 93.1 Å². The molecule has 0 aromatic carbocycles. The molecule has 2 rings (SSSR count). The second-order valence-corrected chi connectivity index (χ2v) is 9.62. The van der Waals surface area contributed by atoms with Gasteiger partial charge in [0.15, 0.2) is 0 Å². The lowest BCUT2D eigenvalue weighted by Crippen LogP contribution is -2.65. The lowest BCUT2D eigenvalue weighted by atomic mass is 9.92. The summed E-state index contributed by atoms with van der Waals surface area (Å²) in [5.74, 6) is 0.264. The van der Waals surface area contributed by atoms with E-state index in [9.17, 15) is 20.1 Å². The van der Waals surface area contributed by atoms with Crippen molar-refractivity contribution in [3.8, 4) is 0 Å². The Morgan fingerprint density at radius 3 is 2.59 bits per heavy atom. The minimum absolute atomic E-state index is 0.185. The van der Waals surface area contributed by atoms with Crippen molar-refractivity contribution in [1.29, 1.82) is 0 Å². The van der Waals surface area contributed by atoms with Crippen LogP contribution >= 0.6 is 23.4 Å². The second-order valence-electron chi connectivity index (χ2n) is 7.99. The number of aliphatic hydroxyl groups excluding tert-OH is 4. The van der Waals surface area contributed by atoms with Gasteiger partial charge in [0.05, 0.1) is 17.5 Å². The molecule has 29 heavy (non-hydrogen) atoms. The quantitative estimate of drug-likeness (QED) is 0.278. The molecule has 0 aromatic rings. The van der Waals surface area contributed by atoms with Crippen LogP contribution in [0.1, 0.15) is 39.0 Å². The first-order valence-corrected chi connectivity index (χ1v) is 12.0. The predicted octanol–water partition coefficient (Wildman–Crippen LogP) is -0.200. The van der Waals surface area contributed by atoms with E-state index in [4.69, 9.17) is 21.4 Å². The molecule has 0 aromatic heterocycles. The maximum Gasteiger partial charge on any atom is 0.237 e. The minimum atomic E-state index is -1.38. The zero-order valence-electron chi connectivity index (χ0n) is 17.0. The third-order valence-corrected chi connectivity index (χ3v) is 7.02. The summed E-state index contributed by atoms with van der Waals surface area (Å²) in [5.41, 5.74) is -0.725. The highest BCUT2D eigenvalue weighted by Gasteiger charge is 2.48. The fourth-order valence-electron chi connectivity index (χ4n) is 4.09. The molecule has 10 heteroatoms. The third-order valence-electron chi connectivity index (χ3n) is 5.89. The van der Waals surface area contributed by atoms with Crippen molar-refractivity contribution in [2.75, 3.05) is 19.4 Å². The van der Waals surface area contributed by atoms with Gasteiger partial charge in [0.1, 0.15) is 29.9 Å². The van der Waals surface area contributed by atoms with Crippen molar-refractivity contribution in [1.82, 2.24) is 10.6 Å². The molecule has 0 spiro atoms. The summed E-state index contributed by atoms with van der Waals surface area (Å²) in [5, 5.41) is 45.3. The van der Waals surface area contributed by atoms with E-state index in [2.05, 4.69) is 10.6 Å². The summed E-state index contributed by atoms with van der Waals surface area (Å²) in [6.45, 7) is 2.60. The number of ether oxygens (including phenoxy) is 1. The number of aliphatic hydroxyl groups is 4. The van der Waals surface area contributed by atoms with Gasteiger partial charge in [0.2, 0.25) is 5.91 Å². The molecule has 0 aliphatic carbocycles. The first-order chi connectivity index (χ1) is 13.8. The van der Waals surface area contributed by atoms with Gasteiger partial charge in [-0.1, -0.05) is 0 Å². The Morgan fingerprint density at radius 1 is 1.24 bits per heavy atom. The number of hydrogen-bond donors (Lipinski definition) is 6. The van der Waals surface area contributed by atoms with E-state index in [0.717, 1.165) is 32.2 Å². The molecular weight excluding hydrogens is 420 g/mol. The Bertz CT molecular complexity index is 515. The van der Waals surface area contributed by atoms with Gasteiger partial charge in [0.25, 0.3) is 0 Å². The zero-order chi connectivity index (χ0) is 21.6. The largest absolute Gasteiger partial charge is 0.396 e. The lowest BCUT2D eigenvalue weighted by molar-refractivity contribution is -0.205. The van der Waals surface area contributed by atoms with E-state index in [0.29, 0.717) is 12.3 Å². The van der Waals surface area contributed by atoms with Crippen LogP contribution in [0.25, 0.3) is 0 Å². The van der Waals surface area contributed by atoms with Crippen molar-refractivity contribution in [3.05, 3.63) is 0 Å². The van der Waals surface area contributed by atoms with Crippen LogP contribution in [0, 0.1) is 5.92 Å². The van der Waals surface area contributed by atoms with E-state index in [1.165, 1.54) is 11.8 Å². The van der Waals surface area contributed by atoms with E-state index in [1.54, 1.807) is 13.2 Å². The van der Waals surface area contributed by atoms with Crippen molar-refractivity contribution in [2.45, 2.75) is 86.3 Å². The van der Waals surface area contributed by atoms with Gasteiger partial charge in [-0.25, -0.2) is 0 Å². The average molecular weight is 455 g/mol. The van der Waals surface area contributed by atoms with Crippen LogP contribution in [0.4, 0.5) is 0 Å². The number of amides is 1. The fraction of sp³-hybridized carbons (Fsp3) is 0.947. The van der Waals surface area contributed by atoms with Gasteiger partial charge in [-0.2, -0.15) is 0 Å². The van der Waals surface area contributed by atoms with Gasteiger partial charge in [-0.15, -0.1) is 23.4 Å². The Kier molecular flexibility index (Phi) is 10.4. The van der Waals surface area contributed by atoms with Gasteiger partial charge < -0.3 is 35.8 Å². The van der Waals surface area contributed by atoms with Crippen LogP contribution in [0.3, 0.4) is 0 Å². The molecule has 2 heterocycles. The molecular formula is C19H35ClN2O6S. The molecule has 0 saturated carbocycles. The average Bonchev–Trinajstić information content (AvgIpc) is 2.95. The number of alkyl halides is 1. The number of halogens is 1. The number of thioether (sulfide) groups is 1. The molecule has 1 amide bonds. The molecule has 170 valence electrons. The first kappa shape index (κ1) is 25.1. The molecule has 2 saturated heterocycles. The lowest BCUT2D eigenvalue weighted by Gasteiger charge is -2.44. The molecule has 8 nitrogen and oxygen atoms in total. The van der Waals surface area contributed by atoms with E-state index >= 15 is 0 Å². The Balaban J connectivity index is 2.01. The molecule has 2 fully saturated rings. The summed E-state index contributed by atoms with van der Waals surface area (Å²) in [6, 6.07) is -1.11. The number of carbonyl (C=O) groups is 1. The molecule has 9 unspecified atom stereocenters. The van der Waals surface area contributed by atoms with Gasteiger partial charge in [-0.3, -0.25) is 4.79 Å². The summed E-state index contributed by atoms with van der Waals surface area (Å²) < 4.78 is 5.79. The molecule has 6 N–H and O–H groups in total. The van der Waals surface area contributed by atoms with Gasteiger partial charge >= 0.3 is 0 Å². The zero-order valence-corrected chi connectivity index (χ0v) is 18.6. The van der Waals surface area contributed by atoms with Gasteiger partial charge in [-0.05, 0) is 57.7 Å². The monoisotopic (exact) mass is 454 g/mol. The predicted molar refractivity (Wildman–Crippen MR) is 113 cm³/mol. The summed E-state index contributed by atoms with van der Waals surface area (Å²) in [4.78, 5) is 12.9. The maximum absolute atomic E-state index is 12.9. The Morgan fingerprint density at radius 2 is 1.97 bits per heavy atom. The van der Waals surface area contributed by atoms with E-state index in [-0.39, 0.29) is 18.6 Å². The number of nitrogens with one attached hydrogen (secondary N) is 2. The van der Waals surface area contributed by atoms with Crippen LogP contribution in [-0.2, 0) is 9.53 Å². The highest BCUT2D eigenvalue weighted by atomic mass is 35.5. The molecule has 2 aliphatic rings. The summed E-state index contributed by atoms with van der Waals surface area (Å²) >= 11 is 7.53. The number of hydrogen-bond acceptors (Lipinski definition) is 8. The van der Waals surface area contributed by atoms with Crippen molar-refractivity contribution in [3.63, 3.8) is 0 Å². The second kappa shape index (κ2) is 12.0. The Labute approximate surface area is 181 Å². The maximum atomic E-state index is 12.9. The van der Waals surface area contributed by atoms with E-state index in [1.807, 2.05) is 0 Å². The summed E-state index contributed by atoms with van der Waals surface area (Å²) in [6.07, 6.45) is 1.07. The number of carbonyl (C=O) groups excluding carboxylic acids is 1. The topological polar surface area (TPSA) is 131 Å². The molecule has 9 atom stereocenters. The SMILES string of the molecule is CSC1OC(C(NC(=O)C2CCC(CCCO)CCN2)C(C)Cl)C(O)C(O)C1O.